The van der Waals surface area contributed by atoms with Gasteiger partial charge in [-0.3, -0.25) is 4.79 Å². The Bertz CT molecular complexity index is 416. The number of hydrogen-bond donors (Lipinski definition) is 1. The number of epoxide rings is 1. The van der Waals surface area contributed by atoms with E-state index in [0.29, 0.717) is 0 Å². The third-order valence-electron chi connectivity index (χ3n) is 5.00. The Morgan fingerprint density at radius 3 is 3.05 bits per heavy atom. The van der Waals surface area contributed by atoms with E-state index in [-0.39, 0.29) is 42.2 Å². The molecule has 0 aromatic heterocycles. The van der Waals surface area contributed by atoms with Gasteiger partial charge in [0, 0.05) is 5.92 Å². The highest BCUT2D eigenvalue weighted by Crippen LogP contribution is 2.50. The highest BCUT2D eigenvalue weighted by Gasteiger charge is 2.61. The lowest BCUT2D eigenvalue weighted by molar-refractivity contribution is -0.144. The van der Waals surface area contributed by atoms with Crippen molar-refractivity contribution >= 4 is 5.97 Å². The first-order chi connectivity index (χ1) is 9.05. The number of ether oxygens (including phenoxy) is 2. The van der Waals surface area contributed by atoms with Gasteiger partial charge in [0.1, 0.15) is 12.2 Å². The molecule has 2 fully saturated rings. The van der Waals surface area contributed by atoms with E-state index in [1.165, 1.54) is 0 Å². The first kappa shape index (κ1) is 13.1. The van der Waals surface area contributed by atoms with E-state index >= 15 is 0 Å². The van der Waals surface area contributed by atoms with Crippen LogP contribution in [0.15, 0.2) is 11.6 Å². The van der Waals surface area contributed by atoms with E-state index in [4.69, 9.17) is 9.47 Å². The number of carbonyl (C=O) groups excluding carboxylic acids is 1. The molecule has 4 nitrogen and oxygen atoms in total. The molecule has 3 rings (SSSR count). The SMILES string of the molecule is C[C@@H]1C(=O)O[C@H]2[C@H]1CC/C(CO)=C\CC[C@@]1(C)O[C@@H]21. The van der Waals surface area contributed by atoms with Gasteiger partial charge in [0.2, 0.25) is 0 Å². The predicted molar refractivity (Wildman–Crippen MR) is 69.4 cm³/mol. The normalized spacial score (nSPS) is 48.6. The van der Waals surface area contributed by atoms with Crippen molar-refractivity contribution in [1.29, 1.82) is 0 Å². The molecule has 4 heteroatoms. The largest absolute Gasteiger partial charge is 0.459 e. The zero-order valence-corrected chi connectivity index (χ0v) is 11.6. The van der Waals surface area contributed by atoms with Crippen LogP contribution in [0.1, 0.15) is 39.5 Å². The second-order valence-corrected chi connectivity index (χ2v) is 6.30. The van der Waals surface area contributed by atoms with Crippen LogP contribution in [-0.2, 0) is 14.3 Å². The minimum atomic E-state index is -0.151. The molecule has 0 saturated carbocycles. The van der Waals surface area contributed by atoms with Crippen LogP contribution >= 0.6 is 0 Å². The van der Waals surface area contributed by atoms with Crippen LogP contribution in [0.4, 0.5) is 0 Å². The minimum absolute atomic E-state index is 0.0576. The molecule has 0 spiro atoms. The van der Waals surface area contributed by atoms with Crippen molar-refractivity contribution in [3.05, 3.63) is 11.6 Å². The van der Waals surface area contributed by atoms with Crippen LogP contribution < -0.4 is 0 Å². The highest BCUT2D eigenvalue weighted by atomic mass is 16.6. The zero-order chi connectivity index (χ0) is 13.6. The maximum Gasteiger partial charge on any atom is 0.309 e. The van der Waals surface area contributed by atoms with Crippen molar-refractivity contribution in [2.24, 2.45) is 11.8 Å². The van der Waals surface area contributed by atoms with Gasteiger partial charge in [-0.1, -0.05) is 13.0 Å². The van der Waals surface area contributed by atoms with Gasteiger partial charge in [0.25, 0.3) is 0 Å². The fourth-order valence-electron chi connectivity index (χ4n) is 3.52. The Morgan fingerprint density at radius 2 is 2.32 bits per heavy atom. The van der Waals surface area contributed by atoms with Gasteiger partial charge in [-0.25, -0.2) is 0 Å². The fourth-order valence-corrected chi connectivity index (χ4v) is 3.52. The van der Waals surface area contributed by atoms with Gasteiger partial charge in [0.15, 0.2) is 0 Å². The predicted octanol–water partition coefficient (Wildman–Crippen LogP) is 1.81. The van der Waals surface area contributed by atoms with Crippen molar-refractivity contribution in [1.82, 2.24) is 0 Å². The molecule has 1 N–H and O–H groups in total. The number of aliphatic hydroxyl groups excluding tert-OH is 1. The Morgan fingerprint density at radius 1 is 1.53 bits per heavy atom. The average Bonchev–Trinajstić information content (AvgIpc) is 2.97. The third kappa shape index (κ3) is 2.21. The molecule has 0 unspecified atom stereocenters. The minimum Gasteiger partial charge on any atom is -0.459 e. The summed E-state index contributed by atoms with van der Waals surface area (Å²) in [6.07, 6.45) is 5.69. The lowest BCUT2D eigenvalue weighted by atomic mass is 9.81. The lowest BCUT2D eigenvalue weighted by Gasteiger charge is -2.21. The molecule has 0 aromatic carbocycles. The summed E-state index contributed by atoms with van der Waals surface area (Å²) in [7, 11) is 0. The second-order valence-electron chi connectivity index (χ2n) is 6.30. The number of fused-ring (bicyclic) bond motifs is 3. The number of hydrogen-bond acceptors (Lipinski definition) is 4. The van der Waals surface area contributed by atoms with E-state index < -0.39 is 0 Å². The highest BCUT2D eigenvalue weighted by molar-refractivity contribution is 5.75. The Kier molecular flexibility index (Phi) is 3.18. The maximum atomic E-state index is 11.8. The van der Waals surface area contributed by atoms with Crippen molar-refractivity contribution in [2.75, 3.05) is 6.61 Å². The summed E-state index contributed by atoms with van der Waals surface area (Å²) >= 11 is 0. The molecule has 1 aliphatic carbocycles. The standard InChI is InChI=1S/C15H22O4/c1-9-11-6-5-10(8-16)4-3-7-15(2)13(19-15)12(11)18-14(9)17/h4,9,11-13,16H,3,5-8H2,1-2H3/b10-4+/t9-,11-,12-,13-,15+/m0/s1. The number of aliphatic hydroxyl groups is 1. The zero-order valence-electron chi connectivity index (χ0n) is 11.6. The van der Waals surface area contributed by atoms with Crippen molar-refractivity contribution in [2.45, 2.75) is 57.3 Å². The topological polar surface area (TPSA) is 59.1 Å². The lowest BCUT2D eigenvalue weighted by Crippen LogP contribution is -2.30. The van der Waals surface area contributed by atoms with E-state index in [1.54, 1.807) is 0 Å². The quantitative estimate of drug-likeness (QED) is 0.447. The van der Waals surface area contributed by atoms with E-state index in [2.05, 4.69) is 13.0 Å². The molecule has 2 saturated heterocycles. The van der Waals surface area contributed by atoms with E-state index in [1.807, 2.05) is 6.92 Å². The van der Waals surface area contributed by atoms with Crippen LogP contribution in [-0.4, -0.2) is 35.5 Å². The van der Waals surface area contributed by atoms with E-state index in [0.717, 1.165) is 31.3 Å². The maximum absolute atomic E-state index is 11.8. The van der Waals surface area contributed by atoms with Gasteiger partial charge >= 0.3 is 5.97 Å². The van der Waals surface area contributed by atoms with Crippen molar-refractivity contribution in [3.63, 3.8) is 0 Å². The molecule has 3 aliphatic rings. The van der Waals surface area contributed by atoms with E-state index in [9.17, 15) is 9.90 Å². The molecule has 106 valence electrons. The molecule has 0 bridgehead atoms. The molecule has 2 heterocycles. The molecule has 5 atom stereocenters. The van der Waals surface area contributed by atoms with Crippen LogP contribution in [0.3, 0.4) is 0 Å². The van der Waals surface area contributed by atoms with Crippen LogP contribution in [0.5, 0.6) is 0 Å². The van der Waals surface area contributed by atoms with Crippen LogP contribution in [0.25, 0.3) is 0 Å². The molecule has 2 aliphatic heterocycles. The number of esters is 1. The molecule has 0 amide bonds. The molecular weight excluding hydrogens is 244 g/mol. The number of carbonyl (C=O) groups is 1. The van der Waals surface area contributed by atoms with Gasteiger partial charge in [-0.05, 0) is 38.2 Å². The Labute approximate surface area is 113 Å². The van der Waals surface area contributed by atoms with Crippen LogP contribution in [0.2, 0.25) is 0 Å². The first-order valence-electron chi connectivity index (χ1n) is 7.22. The van der Waals surface area contributed by atoms with Gasteiger partial charge < -0.3 is 14.6 Å². The first-order valence-corrected chi connectivity index (χ1v) is 7.22. The summed E-state index contributed by atoms with van der Waals surface area (Å²) in [6, 6.07) is 0. The summed E-state index contributed by atoms with van der Waals surface area (Å²) in [6.45, 7) is 4.15. The summed E-state index contributed by atoms with van der Waals surface area (Å²) in [5.74, 6) is 0.0619. The summed E-state index contributed by atoms with van der Waals surface area (Å²) < 4.78 is 11.4. The molecule has 19 heavy (non-hydrogen) atoms. The Balaban J connectivity index is 1.84. The second kappa shape index (κ2) is 4.60. The number of allylic oxidation sites excluding steroid dienone is 1. The molecule has 0 radical (unpaired) electrons. The van der Waals surface area contributed by atoms with Crippen LogP contribution in [0, 0.1) is 11.8 Å². The Hall–Kier alpha value is -0.870. The molecule has 0 aromatic rings. The number of rotatable bonds is 1. The van der Waals surface area contributed by atoms with Gasteiger partial charge in [0.05, 0.1) is 18.1 Å². The fraction of sp³-hybridized carbons (Fsp3) is 0.800. The van der Waals surface area contributed by atoms with Gasteiger partial charge in [-0.2, -0.15) is 0 Å². The smallest absolute Gasteiger partial charge is 0.309 e. The monoisotopic (exact) mass is 266 g/mol. The summed E-state index contributed by atoms with van der Waals surface area (Å²) in [5.41, 5.74) is 0.926. The van der Waals surface area contributed by atoms with Gasteiger partial charge in [-0.15, -0.1) is 0 Å². The summed E-state index contributed by atoms with van der Waals surface area (Å²) in [5, 5.41) is 9.37. The summed E-state index contributed by atoms with van der Waals surface area (Å²) in [4.78, 5) is 11.8. The average molecular weight is 266 g/mol. The van der Waals surface area contributed by atoms with Crippen molar-refractivity contribution < 1.29 is 19.4 Å². The van der Waals surface area contributed by atoms with Crippen molar-refractivity contribution in [3.8, 4) is 0 Å². The third-order valence-corrected chi connectivity index (χ3v) is 5.00. The molecular formula is C15H22O4.